The van der Waals surface area contributed by atoms with Gasteiger partial charge >= 0.3 is 0 Å². The lowest BCUT2D eigenvalue weighted by atomic mass is 10.2. The van der Waals surface area contributed by atoms with E-state index in [0.717, 1.165) is 45.1 Å². The van der Waals surface area contributed by atoms with Crippen LogP contribution < -0.4 is 9.47 Å². The van der Waals surface area contributed by atoms with Crippen molar-refractivity contribution in [3.05, 3.63) is 60.7 Å². The second-order valence-electron chi connectivity index (χ2n) is 5.79. The standard InChI is InChI=1S/C19H17N3O2S/c1-13(2)11-25-19-21-20-18(22(19)15-6-4-3-5-7-15)14-8-9-16-17(10-14)24-12-23-16/h3-10H,1,11-12H2,2H3. The van der Waals surface area contributed by atoms with Gasteiger partial charge in [0.15, 0.2) is 22.5 Å². The van der Waals surface area contributed by atoms with Crippen LogP contribution in [-0.2, 0) is 0 Å². The maximum absolute atomic E-state index is 5.50. The summed E-state index contributed by atoms with van der Waals surface area (Å²) >= 11 is 1.62. The SMILES string of the molecule is C=C(C)CSc1nnc(-c2ccc3c(c2)OCO3)n1-c1ccccc1. The fourth-order valence-electron chi connectivity index (χ4n) is 2.58. The molecule has 1 aliphatic rings. The molecule has 5 nitrogen and oxygen atoms in total. The largest absolute Gasteiger partial charge is 0.454 e. The Morgan fingerprint density at radius 1 is 1.12 bits per heavy atom. The predicted octanol–water partition coefficient (Wildman–Crippen LogP) is 4.33. The zero-order valence-corrected chi connectivity index (χ0v) is 14.6. The third kappa shape index (κ3) is 3.13. The average molecular weight is 351 g/mol. The molecule has 0 N–H and O–H groups in total. The van der Waals surface area contributed by atoms with Gasteiger partial charge in [0.25, 0.3) is 0 Å². The number of nitrogens with zero attached hydrogens (tertiary/aromatic N) is 3. The van der Waals surface area contributed by atoms with E-state index < -0.39 is 0 Å². The highest BCUT2D eigenvalue weighted by atomic mass is 32.2. The number of hydrogen-bond donors (Lipinski definition) is 0. The third-order valence-electron chi connectivity index (χ3n) is 3.73. The topological polar surface area (TPSA) is 49.2 Å². The molecule has 3 aromatic rings. The van der Waals surface area contributed by atoms with Crippen molar-refractivity contribution >= 4 is 11.8 Å². The molecular weight excluding hydrogens is 334 g/mol. The van der Waals surface area contributed by atoms with Crippen LogP contribution >= 0.6 is 11.8 Å². The van der Waals surface area contributed by atoms with Crippen LogP contribution in [0.2, 0.25) is 0 Å². The minimum Gasteiger partial charge on any atom is -0.454 e. The summed E-state index contributed by atoms with van der Waals surface area (Å²) in [7, 11) is 0. The molecule has 0 bridgehead atoms. The highest BCUT2D eigenvalue weighted by molar-refractivity contribution is 7.99. The van der Waals surface area contributed by atoms with Crippen LogP contribution in [0, 0.1) is 0 Å². The molecule has 0 unspecified atom stereocenters. The smallest absolute Gasteiger partial charge is 0.231 e. The van der Waals surface area contributed by atoms with Gasteiger partial charge in [0.1, 0.15) is 0 Å². The number of para-hydroxylation sites is 1. The van der Waals surface area contributed by atoms with Crippen LogP contribution in [-0.4, -0.2) is 27.3 Å². The van der Waals surface area contributed by atoms with Crippen LogP contribution in [0.1, 0.15) is 6.92 Å². The summed E-state index contributed by atoms with van der Waals surface area (Å²) in [5.41, 5.74) is 3.05. The Labute approximate surface area is 150 Å². The van der Waals surface area contributed by atoms with Crippen LogP contribution in [0.5, 0.6) is 11.5 Å². The summed E-state index contributed by atoms with van der Waals surface area (Å²) in [5.74, 6) is 3.06. The molecule has 0 aliphatic carbocycles. The molecule has 0 amide bonds. The normalized spacial score (nSPS) is 12.4. The first kappa shape index (κ1) is 15.8. The van der Waals surface area contributed by atoms with Gasteiger partial charge in [-0.3, -0.25) is 4.57 Å². The number of fused-ring (bicyclic) bond motifs is 1. The summed E-state index contributed by atoms with van der Waals surface area (Å²) in [6.07, 6.45) is 0. The van der Waals surface area contributed by atoms with Gasteiger partial charge in [-0.25, -0.2) is 0 Å². The van der Waals surface area contributed by atoms with Gasteiger partial charge in [0, 0.05) is 17.0 Å². The Bertz CT molecular complexity index is 922. The van der Waals surface area contributed by atoms with Crippen molar-refractivity contribution < 1.29 is 9.47 Å². The van der Waals surface area contributed by atoms with Crippen molar-refractivity contribution in [1.82, 2.24) is 14.8 Å². The van der Waals surface area contributed by atoms with E-state index in [1.165, 1.54) is 0 Å². The lowest BCUT2D eigenvalue weighted by molar-refractivity contribution is 0.174. The summed E-state index contributed by atoms with van der Waals surface area (Å²) in [6.45, 7) is 6.23. The van der Waals surface area contributed by atoms with E-state index >= 15 is 0 Å². The highest BCUT2D eigenvalue weighted by Gasteiger charge is 2.19. The van der Waals surface area contributed by atoms with Crippen molar-refractivity contribution in [2.75, 3.05) is 12.5 Å². The van der Waals surface area contributed by atoms with E-state index in [1.54, 1.807) is 11.8 Å². The van der Waals surface area contributed by atoms with Crippen LogP contribution in [0.3, 0.4) is 0 Å². The maximum atomic E-state index is 5.50. The summed E-state index contributed by atoms with van der Waals surface area (Å²) in [5, 5.41) is 9.66. The minimum atomic E-state index is 0.254. The quantitative estimate of drug-likeness (QED) is 0.506. The molecule has 0 atom stereocenters. The monoisotopic (exact) mass is 351 g/mol. The molecule has 4 rings (SSSR count). The number of benzene rings is 2. The van der Waals surface area contributed by atoms with E-state index in [4.69, 9.17) is 9.47 Å². The Morgan fingerprint density at radius 2 is 1.92 bits per heavy atom. The Kier molecular flexibility index (Phi) is 4.19. The van der Waals surface area contributed by atoms with Crippen molar-refractivity contribution in [2.45, 2.75) is 12.1 Å². The van der Waals surface area contributed by atoms with E-state index in [2.05, 4.69) is 21.3 Å². The second-order valence-corrected chi connectivity index (χ2v) is 6.73. The van der Waals surface area contributed by atoms with Gasteiger partial charge < -0.3 is 9.47 Å². The molecule has 0 spiro atoms. The number of aromatic nitrogens is 3. The number of thioether (sulfide) groups is 1. The van der Waals surface area contributed by atoms with E-state index in [1.807, 2.05) is 55.5 Å². The molecular formula is C19H17N3O2S. The predicted molar refractivity (Wildman–Crippen MR) is 98.5 cm³/mol. The summed E-state index contributed by atoms with van der Waals surface area (Å²) in [4.78, 5) is 0. The number of hydrogen-bond acceptors (Lipinski definition) is 5. The Balaban J connectivity index is 1.81. The van der Waals surface area contributed by atoms with Crippen LogP contribution in [0.15, 0.2) is 65.8 Å². The highest BCUT2D eigenvalue weighted by Crippen LogP contribution is 2.37. The fraction of sp³-hybridized carbons (Fsp3) is 0.158. The zero-order valence-electron chi connectivity index (χ0n) is 13.8. The summed E-state index contributed by atoms with van der Waals surface area (Å²) in [6, 6.07) is 15.9. The molecule has 0 saturated carbocycles. The van der Waals surface area contributed by atoms with Gasteiger partial charge in [-0.2, -0.15) is 0 Å². The molecule has 1 aromatic heterocycles. The second kappa shape index (κ2) is 6.64. The zero-order chi connectivity index (χ0) is 17.2. The van der Waals surface area contributed by atoms with Gasteiger partial charge in [0.2, 0.25) is 6.79 Å². The number of ether oxygens (including phenoxy) is 2. The molecule has 6 heteroatoms. The van der Waals surface area contributed by atoms with Crippen LogP contribution in [0.4, 0.5) is 0 Å². The van der Waals surface area contributed by atoms with E-state index in [-0.39, 0.29) is 6.79 Å². The molecule has 0 fully saturated rings. The first-order valence-corrected chi connectivity index (χ1v) is 8.89. The van der Waals surface area contributed by atoms with E-state index in [9.17, 15) is 0 Å². The van der Waals surface area contributed by atoms with Gasteiger partial charge in [-0.05, 0) is 37.3 Å². The van der Waals surface area contributed by atoms with Crippen molar-refractivity contribution in [1.29, 1.82) is 0 Å². The lowest BCUT2D eigenvalue weighted by Gasteiger charge is -2.10. The summed E-state index contributed by atoms with van der Waals surface area (Å²) < 4.78 is 13.0. The first-order valence-electron chi connectivity index (χ1n) is 7.90. The van der Waals surface area contributed by atoms with Gasteiger partial charge in [-0.15, -0.1) is 10.2 Å². The molecule has 0 radical (unpaired) electrons. The average Bonchev–Trinajstić information content (AvgIpc) is 3.26. The van der Waals surface area contributed by atoms with Crippen molar-refractivity contribution in [3.8, 4) is 28.6 Å². The molecule has 2 heterocycles. The third-order valence-corrected chi connectivity index (χ3v) is 4.89. The molecule has 2 aromatic carbocycles. The van der Waals surface area contributed by atoms with Crippen molar-refractivity contribution in [2.24, 2.45) is 0 Å². The van der Waals surface area contributed by atoms with Crippen molar-refractivity contribution in [3.63, 3.8) is 0 Å². The Hall–Kier alpha value is -2.73. The maximum Gasteiger partial charge on any atom is 0.231 e. The first-order chi connectivity index (χ1) is 12.2. The minimum absolute atomic E-state index is 0.254. The van der Waals surface area contributed by atoms with Crippen LogP contribution in [0.25, 0.3) is 17.1 Å². The molecule has 126 valence electrons. The molecule has 0 saturated heterocycles. The number of rotatable bonds is 5. The Morgan fingerprint density at radius 3 is 2.72 bits per heavy atom. The lowest BCUT2D eigenvalue weighted by Crippen LogP contribution is -2.00. The van der Waals surface area contributed by atoms with E-state index in [0.29, 0.717) is 0 Å². The van der Waals surface area contributed by atoms with Gasteiger partial charge in [0.05, 0.1) is 0 Å². The van der Waals surface area contributed by atoms with Gasteiger partial charge in [-0.1, -0.05) is 42.1 Å². The molecule has 25 heavy (non-hydrogen) atoms. The molecule has 1 aliphatic heterocycles. The fourth-order valence-corrected chi connectivity index (χ4v) is 3.38.